The van der Waals surface area contributed by atoms with Gasteiger partial charge in [-0.25, -0.2) is 4.39 Å². The third kappa shape index (κ3) is 3.72. The minimum absolute atomic E-state index is 0.0173. The van der Waals surface area contributed by atoms with Crippen molar-refractivity contribution in [2.45, 2.75) is 32.2 Å². The molecule has 0 spiro atoms. The van der Waals surface area contributed by atoms with Gasteiger partial charge < -0.3 is 10.1 Å². The number of halogens is 1. The van der Waals surface area contributed by atoms with Gasteiger partial charge >= 0.3 is 0 Å². The Morgan fingerprint density at radius 2 is 2.11 bits per heavy atom. The molecule has 0 aromatic heterocycles. The van der Waals surface area contributed by atoms with Crippen LogP contribution in [0.25, 0.3) is 0 Å². The Labute approximate surface area is 106 Å². The summed E-state index contributed by atoms with van der Waals surface area (Å²) in [4.78, 5) is 11.6. The van der Waals surface area contributed by atoms with Crippen molar-refractivity contribution in [2.75, 3.05) is 6.61 Å². The second-order valence-corrected chi connectivity index (χ2v) is 4.93. The molecule has 0 bridgehead atoms. The van der Waals surface area contributed by atoms with Crippen LogP contribution in [0.15, 0.2) is 24.3 Å². The fourth-order valence-electron chi connectivity index (χ4n) is 2.29. The maximum Gasteiger partial charge on any atom is 0.258 e. The van der Waals surface area contributed by atoms with Crippen molar-refractivity contribution in [1.82, 2.24) is 5.32 Å². The number of nitrogens with one attached hydrogen (secondary N) is 1. The predicted molar refractivity (Wildman–Crippen MR) is 66.8 cm³/mol. The van der Waals surface area contributed by atoms with Crippen LogP contribution >= 0.6 is 0 Å². The van der Waals surface area contributed by atoms with Crippen LogP contribution in [0.5, 0.6) is 5.75 Å². The normalized spacial score (nSPS) is 22.8. The number of rotatable bonds is 4. The Bertz CT molecular complexity index is 405. The molecule has 0 heterocycles. The van der Waals surface area contributed by atoms with E-state index in [-0.39, 0.29) is 24.4 Å². The number of carbonyl (C=O) groups is 1. The topological polar surface area (TPSA) is 38.3 Å². The lowest BCUT2D eigenvalue weighted by atomic mass is 10.1. The predicted octanol–water partition coefficient (Wildman–Crippen LogP) is 2.51. The lowest BCUT2D eigenvalue weighted by molar-refractivity contribution is -0.123. The molecule has 18 heavy (non-hydrogen) atoms. The summed E-state index contributed by atoms with van der Waals surface area (Å²) in [6.07, 6.45) is 3.26. The zero-order chi connectivity index (χ0) is 13.0. The first kappa shape index (κ1) is 12.9. The molecule has 1 amide bonds. The van der Waals surface area contributed by atoms with Crippen molar-refractivity contribution in [2.24, 2.45) is 5.92 Å². The van der Waals surface area contributed by atoms with Crippen LogP contribution in [0.2, 0.25) is 0 Å². The van der Waals surface area contributed by atoms with Crippen molar-refractivity contribution in [3.8, 4) is 5.75 Å². The zero-order valence-corrected chi connectivity index (χ0v) is 10.5. The van der Waals surface area contributed by atoms with E-state index in [1.54, 1.807) is 0 Å². The summed E-state index contributed by atoms with van der Waals surface area (Å²) in [5, 5.41) is 2.95. The molecule has 4 heteroatoms. The Morgan fingerprint density at radius 1 is 1.39 bits per heavy atom. The molecule has 1 saturated carbocycles. The molecule has 1 aliphatic rings. The van der Waals surface area contributed by atoms with Gasteiger partial charge in [0.05, 0.1) is 0 Å². The highest BCUT2D eigenvalue weighted by Gasteiger charge is 2.22. The molecule has 0 saturated heterocycles. The molecule has 0 aliphatic heterocycles. The molecule has 1 aromatic rings. The molecule has 0 radical (unpaired) electrons. The molecule has 2 atom stereocenters. The first-order valence-electron chi connectivity index (χ1n) is 6.31. The third-order valence-electron chi connectivity index (χ3n) is 3.24. The van der Waals surface area contributed by atoms with Gasteiger partial charge in [-0.05, 0) is 49.4 Å². The summed E-state index contributed by atoms with van der Waals surface area (Å²) < 4.78 is 17.9. The van der Waals surface area contributed by atoms with E-state index in [0.717, 1.165) is 12.8 Å². The highest BCUT2D eigenvalue weighted by atomic mass is 19.1. The minimum Gasteiger partial charge on any atom is -0.484 e. The number of carbonyl (C=O) groups excluding carboxylic acids is 1. The van der Waals surface area contributed by atoms with E-state index in [4.69, 9.17) is 4.74 Å². The van der Waals surface area contributed by atoms with Gasteiger partial charge in [-0.2, -0.15) is 0 Å². The molecule has 3 nitrogen and oxygen atoms in total. The van der Waals surface area contributed by atoms with E-state index >= 15 is 0 Å². The monoisotopic (exact) mass is 251 g/mol. The van der Waals surface area contributed by atoms with Crippen LogP contribution in [-0.4, -0.2) is 18.6 Å². The van der Waals surface area contributed by atoms with Gasteiger partial charge in [-0.1, -0.05) is 6.92 Å². The van der Waals surface area contributed by atoms with Crippen LogP contribution in [0.1, 0.15) is 26.2 Å². The highest BCUT2D eigenvalue weighted by molar-refractivity contribution is 5.77. The van der Waals surface area contributed by atoms with E-state index in [9.17, 15) is 9.18 Å². The molecule has 1 N–H and O–H groups in total. The lowest BCUT2D eigenvalue weighted by Crippen LogP contribution is -2.36. The summed E-state index contributed by atoms with van der Waals surface area (Å²) in [6, 6.07) is 5.93. The molecule has 98 valence electrons. The summed E-state index contributed by atoms with van der Waals surface area (Å²) in [5.41, 5.74) is 0. The molecule has 2 unspecified atom stereocenters. The van der Waals surface area contributed by atoms with Crippen LogP contribution in [0.3, 0.4) is 0 Å². The van der Waals surface area contributed by atoms with Gasteiger partial charge in [0, 0.05) is 6.04 Å². The third-order valence-corrected chi connectivity index (χ3v) is 3.24. The van der Waals surface area contributed by atoms with Crippen molar-refractivity contribution in [3.05, 3.63) is 30.1 Å². The van der Waals surface area contributed by atoms with Gasteiger partial charge in [-0.3, -0.25) is 4.79 Å². The van der Waals surface area contributed by atoms with Crippen LogP contribution < -0.4 is 10.1 Å². The molecule has 1 aliphatic carbocycles. The van der Waals surface area contributed by atoms with Gasteiger partial charge in [0.25, 0.3) is 5.91 Å². The summed E-state index contributed by atoms with van der Waals surface area (Å²) in [7, 11) is 0. The lowest BCUT2D eigenvalue weighted by Gasteiger charge is -2.13. The van der Waals surface area contributed by atoms with Crippen molar-refractivity contribution in [1.29, 1.82) is 0 Å². The molecule has 1 aromatic carbocycles. The first-order valence-corrected chi connectivity index (χ1v) is 6.31. The van der Waals surface area contributed by atoms with Crippen LogP contribution in [0, 0.1) is 11.7 Å². The van der Waals surface area contributed by atoms with E-state index in [1.807, 2.05) is 0 Å². The first-order chi connectivity index (χ1) is 8.63. The standard InChI is InChI=1S/C14H18FNO2/c1-10-2-5-12(8-10)16-14(17)9-18-13-6-3-11(15)4-7-13/h3-4,6-7,10,12H,2,5,8-9H2,1H3,(H,16,17). The number of amides is 1. The molecular formula is C14H18FNO2. The highest BCUT2D eigenvalue weighted by Crippen LogP contribution is 2.24. The minimum atomic E-state index is -0.313. The summed E-state index contributed by atoms with van der Waals surface area (Å²) in [5.74, 6) is 0.768. The Kier molecular flexibility index (Phi) is 4.18. The van der Waals surface area contributed by atoms with Gasteiger partial charge in [0.1, 0.15) is 11.6 Å². The van der Waals surface area contributed by atoms with Crippen molar-refractivity contribution >= 4 is 5.91 Å². The van der Waals surface area contributed by atoms with E-state index in [0.29, 0.717) is 11.7 Å². The quantitative estimate of drug-likeness (QED) is 0.893. The fourth-order valence-corrected chi connectivity index (χ4v) is 2.29. The summed E-state index contributed by atoms with van der Waals surface area (Å²) >= 11 is 0. The number of ether oxygens (including phenoxy) is 1. The van der Waals surface area contributed by atoms with Gasteiger partial charge in [-0.15, -0.1) is 0 Å². The maximum absolute atomic E-state index is 12.7. The second kappa shape index (κ2) is 5.85. The number of benzene rings is 1. The van der Waals surface area contributed by atoms with Crippen LogP contribution in [-0.2, 0) is 4.79 Å². The molecule has 1 fully saturated rings. The Hall–Kier alpha value is -1.58. The van der Waals surface area contributed by atoms with Crippen LogP contribution in [0.4, 0.5) is 4.39 Å². The number of hydrogen-bond acceptors (Lipinski definition) is 2. The Balaban J connectivity index is 1.73. The fraction of sp³-hybridized carbons (Fsp3) is 0.500. The molecule has 2 rings (SSSR count). The van der Waals surface area contributed by atoms with Gasteiger partial charge in [0.2, 0.25) is 0 Å². The smallest absolute Gasteiger partial charge is 0.258 e. The largest absolute Gasteiger partial charge is 0.484 e. The van der Waals surface area contributed by atoms with Gasteiger partial charge in [0.15, 0.2) is 6.61 Å². The number of hydrogen-bond donors (Lipinski definition) is 1. The summed E-state index contributed by atoms with van der Waals surface area (Å²) in [6.45, 7) is 2.18. The molecular weight excluding hydrogens is 233 g/mol. The SMILES string of the molecule is CC1CCC(NC(=O)COc2ccc(F)cc2)C1. The average molecular weight is 251 g/mol. The van der Waals surface area contributed by atoms with E-state index in [2.05, 4.69) is 12.2 Å². The van der Waals surface area contributed by atoms with E-state index in [1.165, 1.54) is 30.7 Å². The maximum atomic E-state index is 12.7. The average Bonchev–Trinajstić information content (AvgIpc) is 2.74. The second-order valence-electron chi connectivity index (χ2n) is 4.93. The van der Waals surface area contributed by atoms with E-state index < -0.39 is 0 Å². The Morgan fingerprint density at radius 3 is 2.72 bits per heavy atom. The zero-order valence-electron chi connectivity index (χ0n) is 10.5. The van der Waals surface area contributed by atoms with Crippen molar-refractivity contribution < 1.29 is 13.9 Å². The van der Waals surface area contributed by atoms with Crippen molar-refractivity contribution in [3.63, 3.8) is 0 Å².